The van der Waals surface area contributed by atoms with Gasteiger partial charge in [0.05, 0.1) is 6.61 Å². The van der Waals surface area contributed by atoms with Crippen molar-refractivity contribution in [3.05, 3.63) is 24.3 Å². The zero-order chi connectivity index (χ0) is 8.65. The number of nitrogens with zero attached hydrogens (tertiary/aromatic N) is 1. The Hall–Kier alpha value is -1.05. The van der Waals surface area contributed by atoms with E-state index in [-0.39, 0.29) is 0 Å². The molecule has 0 atom stereocenters. The first kappa shape index (κ1) is 9.04. The van der Waals surface area contributed by atoms with Gasteiger partial charge in [0.25, 0.3) is 0 Å². The third-order valence-electron chi connectivity index (χ3n) is 1.59. The summed E-state index contributed by atoms with van der Waals surface area (Å²) in [5.41, 5.74) is 0. The Balaban J connectivity index is 2.25. The fourth-order valence-electron chi connectivity index (χ4n) is 0.986. The van der Waals surface area contributed by atoms with Crippen LogP contribution in [0.15, 0.2) is 29.3 Å². The summed E-state index contributed by atoms with van der Waals surface area (Å²) in [7, 11) is 0. The molecule has 0 spiro atoms. The highest BCUT2D eigenvalue weighted by molar-refractivity contribution is 5.78. The summed E-state index contributed by atoms with van der Waals surface area (Å²) in [6.07, 6.45) is 9.96. The first-order valence-corrected chi connectivity index (χ1v) is 4.37. The minimum Gasteiger partial charge on any atom is -0.481 e. The predicted molar refractivity (Wildman–Crippen MR) is 51.4 cm³/mol. The average molecular weight is 165 g/mol. The molecular weight excluding hydrogens is 150 g/mol. The molecule has 2 heteroatoms. The predicted octanol–water partition coefficient (Wildman–Crippen LogP) is 2.33. The van der Waals surface area contributed by atoms with Crippen molar-refractivity contribution in [2.45, 2.75) is 19.8 Å². The van der Waals surface area contributed by atoms with E-state index >= 15 is 0 Å². The third kappa shape index (κ3) is 3.37. The molecule has 0 saturated heterocycles. The number of allylic oxidation sites excluding steroid dienone is 3. The summed E-state index contributed by atoms with van der Waals surface area (Å²) in [4.78, 5) is 4.25. The number of hydrogen-bond acceptors (Lipinski definition) is 2. The molecule has 0 aromatic heterocycles. The Bertz CT molecular complexity index is 204. The van der Waals surface area contributed by atoms with Crippen LogP contribution in [0.25, 0.3) is 0 Å². The van der Waals surface area contributed by atoms with Gasteiger partial charge in [0.2, 0.25) is 0 Å². The van der Waals surface area contributed by atoms with E-state index < -0.39 is 0 Å². The Kier molecular flexibility index (Phi) is 4.21. The molecule has 0 N–H and O–H groups in total. The summed E-state index contributed by atoms with van der Waals surface area (Å²) in [5.74, 6) is 0.877. The number of rotatable bonds is 3. The molecule has 0 aromatic rings. The van der Waals surface area contributed by atoms with Crippen molar-refractivity contribution in [3.63, 3.8) is 0 Å². The van der Waals surface area contributed by atoms with E-state index in [0.29, 0.717) is 0 Å². The summed E-state index contributed by atoms with van der Waals surface area (Å²) in [5, 5.41) is 0. The van der Waals surface area contributed by atoms with Crippen molar-refractivity contribution in [2.75, 3.05) is 13.2 Å². The van der Waals surface area contributed by atoms with E-state index in [1.807, 2.05) is 25.2 Å². The van der Waals surface area contributed by atoms with Gasteiger partial charge in [-0.3, -0.25) is 4.99 Å². The monoisotopic (exact) mass is 165 g/mol. The summed E-state index contributed by atoms with van der Waals surface area (Å²) in [6, 6.07) is 0. The molecule has 1 aliphatic rings. The minimum absolute atomic E-state index is 0.824. The van der Waals surface area contributed by atoms with Crippen molar-refractivity contribution < 1.29 is 4.74 Å². The summed E-state index contributed by atoms with van der Waals surface area (Å²) >= 11 is 0. The highest BCUT2D eigenvalue weighted by Gasteiger charge is 2.02. The maximum absolute atomic E-state index is 5.33. The van der Waals surface area contributed by atoms with E-state index in [1.165, 1.54) is 0 Å². The Labute approximate surface area is 73.6 Å². The first-order valence-electron chi connectivity index (χ1n) is 4.37. The van der Waals surface area contributed by atoms with Crippen LogP contribution in [0.1, 0.15) is 19.8 Å². The van der Waals surface area contributed by atoms with Crippen LogP contribution in [-0.4, -0.2) is 19.0 Å². The van der Waals surface area contributed by atoms with Gasteiger partial charge in [0, 0.05) is 19.4 Å². The lowest BCUT2D eigenvalue weighted by Gasteiger charge is -2.11. The summed E-state index contributed by atoms with van der Waals surface area (Å²) in [6.45, 7) is 3.75. The molecule has 0 saturated carbocycles. The number of hydrogen-bond donors (Lipinski definition) is 0. The molecule has 0 fully saturated rings. The molecule has 0 unspecified atom stereocenters. The van der Waals surface area contributed by atoms with Gasteiger partial charge in [-0.05, 0) is 6.92 Å². The normalized spacial score (nSPS) is 18.2. The average Bonchev–Trinajstić information content (AvgIpc) is 2.14. The second-order valence-electron chi connectivity index (χ2n) is 2.64. The van der Waals surface area contributed by atoms with Crippen molar-refractivity contribution in [2.24, 2.45) is 4.99 Å². The molecule has 0 bridgehead atoms. The van der Waals surface area contributed by atoms with Crippen LogP contribution in [-0.2, 0) is 4.74 Å². The molecule has 0 aromatic carbocycles. The fourth-order valence-corrected chi connectivity index (χ4v) is 0.986. The smallest absolute Gasteiger partial charge is 0.187 e. The van der Waals surface area contributed by atoms with Crippen LogP contribution in [0.3, 0.4) is 0 Å². The maximum atomic E-state index is 5.33. The van der Waals surface area contributed by atoms with Gasteiger partial charge in [-0.1, -0.05) is 24.3 Å². The number of ether oxygens (including phenoxy) is 1. The molecule has 12 heavy (non-hydrogen) atoms. The highest BCUT2D eigenvalue weighted by atomic mass is 16.5. The van der Waals surface area contributed by atoms with Gasteiger partial charge in [0.1, 0.15) is 0 Å². The van der Waals surface area contributed by atoms with Gasteiger partial charge in [-0.15, -0.1) is 0 Å². The largest absolute Gasteiger partial charge is 0.481 e. The standard InChI is InChI=1S/C10H15NO/c1-2-3-4-5-7-10-11-8-6-9-12-10/h2-5H,6-9H2,1H3. The Morgan fingerprint density at radius 3 is 3.08 bits per heavy atom. The van der Waals surface area contributed by atoms with Gasteiger partial charge < -0.3 is 4.74 Å². The van der Waals surface area contributed by atoms with Gasteiger partial charge in [-0.25, -0.2) is 0 Å². The molecule has 66 valence electrons. The second kappa shape index (κ2) is 5.58. The van der Waals surface area contributed by atoms with Crippen LogP contribution in [0, 0.1) is 0 Å². The van der Waals surface area contributed by atoms with Crippen molar-refractivity contribution in [3.8, 4) is 0 Å². The lowest BCUT2D eigenvalue weighted by Crippen LogP contribution is -2.12. The van der Waals surface area contributed by atoms with E-state index in [9.17, 15) is 0 Å². The van der Waals surface area contributed by atoms with E-state index in [4.69, 9.17) is 4.74 Å². The van der Waals surface area contributed by atoms with Crippen LogP contribution >= 0.6 is 0 Å². The molecule has 1 heterocycles. The quantitative estimate of drug-likeness (QED) is 0.588. The first-order chi connectivity index (χ1) is 5.93. The molecule has 1 aliphatic heterocycles. The van der Waals surface area contributed by atoms with E-state index in [0.717, 1.165) is 31.9 Å². The number of aliphatic imine (C=N–C) groups is 1. The molecule has 2 nitrogen and oxygen atoms in total. The summed E-state index contributed by atoms with van der Waals surface area (Å²) < 4.78 is 5.33. The van der Waals surface area contributed by atoms with Crippen LogP contribution < -0.4 is 0 Å². The van der Waals surface area contributed by atoms with Crippen molar-refractivity contribution >= 4 is 5.90 Å². The molecule has 1 rings (SSSR count). The molecule has 0 radical (unpaired) electrons. The van der Waals surface area contributed by atoms with Crippen molar-refractivity contribution in [1.29, 1.82) is 0 Å². The van der Waals surface area contributed by atoms with Gasteiger partial charge in [-0.2, -0.15) is 0 Å². The Morgan fingerprint density at radius 1 is 1.50 bits per heavy atom. The van der Waals surface area contributed by atoms with Crippen LogP contribution in [0.4, 0.5) is 0 Å². The Morgan fingerprint density at radius 2 is 2.42 bits per heavy atom. The third-order valence-corrected chi connectivity index (χ3v) is 1.59. The van der Waals surface area contributed by atoms with E-state index in [1.54, 1.807) is 0 Å². The zero-order valence-electron chi connectivity index (χ0n) is 7.49. The van der Waals surface area contributed by atoms with Gasteiger partial charge >= 0.3 is 0 Å². The maximum Gasteiger partial charge on any atom is 0.187 e. The lowest BCUT2D eigenvalue weighted by atomic mass is 10.3. The topological polar surface area (TPSA) is 21.6 Å². The van der Waals surface area contributed by atoms with Gasteiger partial charge in [0.15, 0.2) is 5.90 Å². The minimum atomic E-state index is 0.824. The molecular formula is C10H15NO. The fraction of sp³-hybridized carbons (Fsp3) is 0.500. The SMILES string of the molecule is CC=CC=CCC1=NCCCO1. The van der Waals surface area contributed by atoms with E-state index in [2.05, 4.69) is 11.1 Å². The molecule has 0 aliphatic carbocycles. The highest BCUT2D eigenvalue weighted by Crippen LogP contribution is 2.00. The van der Waals surface area contributed by atoms with Crippen LogP contribution in [0.5, 0.6) is 0 Å². The zero-order valence-corrected chi connectivity index (χ0v) is 7.49. The lowest BCUT2D eigenvalue weighted by molar-refractivity contribution is 0.277. The second-order valence-corrected chi connectivity index (χ2v) is 2.64. The molecule has 0 amide bonds. The van der Waals surface area contributed by atoms with Crippen LogP contribution in [0.2, 0.25) is 0 Å². The van der Waals surface area contributed by atoms with Crippen molar-refractivity contribution in [1.82, 2.24) is 0 Å².